The molecule has 0 radical (unpaired) electrons. The number of rotatable bonds is 4. The van der Waals surface area contributed by atoms with Gasteiger partial charge in [0, 0.05) is 37.9 Å². The van der Waals surface area contributed by atoms with E-state index in [9.17, 15) is 14.5 Å². The van der Waals surface area contributed by atoms with Crippen molar-refractivity contribution in [1.82, 2.24) is 4.90 Å². The number of anilines is 2. The minimum Gasteiger partial charge on any atom is -0.494 e. The van der Waals surface area contributed by atoms with Crippen LogP contribution in [0.1, 0.15) is 0 Å². The zero-order chi connectivity index (χ0) is 19.4. The molecular weight excluding hydrogens is 371 g/mol. The molecule has 0 saturated carbocycles. The topological polar surface area (TPSA) is 70.9 Å². The summed E-state index contributed by atoms with van der Waals surface area (Å²) in [5, 5.41) is 14.5. The molecule has 0 aromatic heterocycles. The number of benzene rings is 2. The van der Waals surface area contributed by atoms with Crippen LogP contribution in [0.3, 0.4) is 0 Å². The predicted molar refractivity (Wildman–Crippen MR) is 106 cm³/mol. The molecule has 1 aliphatic heterocycles. The second-order valence-corrected chi connectivity index (χ2v) is 6.41. The summed E-state index contributed by atoms with van der Waals surface area (Å²) in [5.74, 6) is 0.108. The lowest BCUT2D eigenvalue weighted by Crippen LogP contribution is -2.50. The van der Waals surface area contributed by atoms with E-state index in [1.54, 1.807) is 18.2 Å². The number of nitrogens with one attached hydrogen (secondary N) is 1. The highest BCUT2D eigenvalue weighted by molar-refractivity contribution is 7.80. The Morgan fingerprint density at radius 1 is 1.19 bits per heavy atom. The van der Waals surface area contributed by atoms with Crippen LogP contribution in [-0.2, 0) is 0 Å². The zero-order valence-electron chi connectivity index (χ0n) is 14.7. The molecule has 2 aromatic rings. The van der Waals surface area contributed by atoms with Gasteiger partial charge >= 0.3 is 0 Å². The lowest BCUT2D eigenvalue weighted by molar-refractivity contribution is -0.384. The highest BCUT2D eigenvalue weighted by atomic mass is 32.1. The lowest BCUT2D eigenvalue weighted by atomic mass is 10.2. The molecule has 1 fully saturated rings. The van der Waals surface area contributed by atoms with E-state index in [-0.39, 0.29) is 11.5 Å². The van der Waals surface area contributed by atoms with E-state index in [1.807, 2.05) is 4.90 Å². The van der Waals surface area contributed by atoms with Crippen molar-refractivity contribution in [2.45, 2.75) is 0 Å². The molecule has 0 atom stereocenters. The first-order valence-corrected chi connectivity index (χ1v) is 8.77. The Hall–Kier alpha value is -2.94. The fourth-order valence-corrected chi connectivity index (χ4v) is 3.20. The number of halogens is 1. The molecular formula is C18H19FN4O3S. The standard InChI is InChI=1S/C18H19FN4O3S/c1-26-17-12-15(23(24)25)6-7-16(17)20-18(27)22-10-8-21(9-11-22)14-4-2-13(19)3-5-14/h2-7,12H,8-11H2,1H3,(H,20,27). The molecule has 1 N–H and O–H groups in total. The third-order valence-corrected chi connectivity index (χ3v) is 4.76. The molecule has 0 unspecified atom stereocenters. The summed E-state index contributed by atoms with van der Waals surface area (Å²) in [6, 6.07) is 10.8. The molecule has 0 bridgehead atoms. The van der Waals surface area contributed by atoms with Gasteiger partial charge < -0.3 is 19.9 Å². The van der Waals surface area contributed by atoms with Crippen molar-refractivity contribution in [2.75, 3.05) is 43.5 Å². The Morgan fingerprint density at radius 3 is 2.44 bits per heavy atom. The van der Waals surface area contributed by atoms with E-state index in [2.05, 4.69) is 10.2 Å². The van der Waals surface area contributed by atoms with Gasteiger partial charge in [-0.15, -0.1) is 0 Å². The summed E-state index contributed by atoms with van der Waals surface area (Å²) >= 11 is 5.48. The minimum absolute atomic E-state index is 0.0452. The third kappa shape index (κ3) is 4.43. The van der Waals surface area contributed by atoms with Crippen molar-refractivity contribution < 1.29 is 14.1 Å². The van der Waals surface area contributed by atoms with E-state index in [1.165, 1.54) is 31.4 Å². The van der Waals surface area contributed by atoms with E-state index < -0.39 is 4.92 Å². The average Bonchev–Trinajstić information content (AvgIpc) is 2.68. The average molecular weight is 390 g/mol. The normalized spacial score (nSPS) is 14.0. The van der Waals surface area contributed by atoms with Gasteiger partial charge in [-0.05, 0) is 42.5 Å². The number of ether oxygens (including phenoxy) is 1. The van der Waals surface area contributed by atoms with Crippen molar-refractivity contribution >= 4 is 34.4 Å². The second kappa shape index (κ2) is 8.17. The third-order valence-electron chi connectivity index (χ3n) is 4.40. The van der Waals surface area contributed by atoms with Gasteiger partial charge in [-0.3, -0.25) is 10.1 Å². The number of thiocarbonyl (C=S) groups is 1. The van der Waals surface area contributed by atoms with Crippen molar-refractivity contribution in [2.24, 2.45) is 0 Å². The maximum absolute atomic E-state index is 13.1. The van der Waals surface area contributed by atoms with Crippen LogP contribution in [0.4, 0.5) is 21.5 Å². The van der Waals surface area contributed by atoms with Gasteiger partial charge in [0.05, 0.1) is 23.8 Å². The highest BCUT2D eigenvalue weighted by Gasteiger charge is 2.20. The molecule has 0 aliphatic carbocycles. The number of hydrogen-bond donors (Lipinski definition) is 1. The Bertz CT molecular complexity index is 839. The molecule has 2 aromatic carbocycles. The van der Waals surface area contributed by atoms with Gasteiger partial charge in [0.15, 0.2) is 5.11 Å². The number of hydrogen-bond acceptors (Lipinski definition) is 5. The summed E-state index contributed by atoms with van der Waals surface area (Å²) in [6.07, 6.45) is 0. The number of nitro groups is 1. The van der Waals surface area contributed by atoms with Crippen LogP contribution in [0, 0.1) is 15.9 Å². The summed E-state index contributed by atoms with van der Waals surface area (Å²) in [5.41, 5.74) is 1.51. The predicted octanol–water partition coefficient (Wildman–Crippen LogP) is 3.26. The van der Waals surface area contributed by atoms with Crippen LogP contribution in [0.15, 0.2) is 42.5 Å². The first-order chi connectivity index (χ1) is 13.0. The first-order valence-electron chi connectivity index (χ1n) is 8.37. The zero-order valence-corrected chi connectivity index (χ0v) is 15.5. The Morgan fingerprint density at radius 2 is 1.85 bits per heavy atom. The first kappa shape index (κ1) is 18.8. The van der Waals surface area contributed by atoms with Crippen LogP contribution in [0.25, 0.3) is 0 Å². The second-order valence-electron chi connectivity index (χ2n) is 6.02. The maximum atomic E-state index is 13.1. The highest BCUT2D eigenvalue weighted by Crippen LogP contribution is 2.29. The Labute approximate surface area is 161 Å². The van der Waals surface area contributed by atoms with Crippen LogP contribution >= 0.6 is 12.2 Å². The van der Waals surface area contributed by atoms with E-state index in [0.29, 0.717) is 29.6 Å². The van der Waals surface area contributed by atoms with Gasteiger partial charge in [0.1, 0.15) is 11.6 Å². The van der Waals surface area contributed by atoms with E-state index in [4.69, 9.17) is 17.0 Å². The molecule has 1 saturated heterocycles. The number of piperazine rings is 1. The summed E-state index contributed by atoms with van der Waals surface area (Å²) in [7, 11) is 1.45. The SMILES string of the molecule is COc1cc([N+](=O)[O-])ccc1NC(=S)N1CCN(c2ccc(F)cc2)CC1. The van der Waals surface area contributed by atoms with Crippen molar-refractivity contribution in [3.63, 3.8) is 0 Å². The molecule has 7 nitrogen and oxygen atoms in total. The van der Waals surface area contributed by atoms with Crippen LogP contribution < -0.4 is 15.0 Å². The Kier molecular flexibility index (Phi) is 5.70. The molecule has 1 heterocycles. The quantitative estimate of drug-likeness (QED) is 0.488. The van der Waals surface area contributed by atoms with E-state index in [0.717, 1.165) is 18.8 Å². The largest absolute Gasteiger partial charge is 0.494 e. The molecule has 27 heavy (non-hydrogen) atoms. The maximum Gasteiger partial charge on any atom is 0.273 e. The molecule has 1 aliphatic rings. The van der Waals surface area contributed by atoms with Gasteiger partial charge in [-0.2, -0.15) is 0 Å². The Balaban J connectivity index is 1.61. The van der Waals surface area contributed by atoms with Gasteiger partial charge in [0.2, 0.25) is 0 Å². The molecule has 3 rings (SSSR count). The van der Waals surface area contributed by atoms with Gasteiger partial charge in [0.25, 0.3) is 5.69 Å². The summed E-state index contributed by atoms with van der Waals surface area (Å²) in [4.78, 5) is 14.6. The molecule has 9 heteroatoms. The number of methoxy groups -OCH3 is 1. The van der Waals surface area contributed by atoms with Crippen LogP contribution in [-0.4, -0.2) is 48.2 Å². The fraction of sp³-hybridized carbons (Fsp3) is 0.278. The van der Waals surface area contributed by atoms with Gasteiger partial charge in [-0.25, -0.2) is 4.39 Å². The number of nitrogens with zero attached hydrogens (tertiary/aromatic N) is 3. The minimum atomic E-state index is -0.473. The number of non-ortho nitro benzene ring substituents is 1. The fourth-order valence-electron chi connectivity index (χ4n) is 2.91. The van der Waals surface area contributed by atoms with Crippen molar-refractivity contribution in [3.8, 4) is 5.75 Å². The molecule has 0 spiro atoms. The van der Waals surface area contributed by atoms with Crippen molar-refractivity contribution in [3.05, 3.63) is 58.4 Å². The van der Waals surface area contributed by atoms with Gasteiger partial charge in [-0.1, -0.05) is 0 Å². The monoisotopic (exact) mass is 390 g/mol. The summed E-state index contributed by atoms with van der Waals surface area (Å²) < 4.78 is 18.3. The smallest absolute Gasteiger partial charge is 0.273 e. The molecule has 0 amide bonds. The van der Waals surface area contributed by atoms with Crippen molar-refractivity contribution in [1.29, 1.82) is 0 Å². The lowest BCUT2D eigenvalue weighted by Gasteiger charge is -2.37. The van der Waals surface area contributed by atoms with E-state index >= 15 is 0 Å². The molecule has 142 valence electrons. The summed E-state index contributed by atoms with van der Waals surface area (Å²) in [6.45, 7) is 2.92. The van der Waals surface area contributed by atoms with Crippen LogP contribution in [0.2, 0.25) is 0 Å². The van der Waals surface area contributed by atoms with Crippen LogP contribution in [0.5, 0.6) is 5.75 Å². The number of nitro benzene ring substituents is 1.